The molecule has 0 fully saturated rings. The van der Waals surface area contributed by atoms with Crippen molar-refractivity contribution in [2.45, 2.75) is 5.54 Å². The number of rotatable bonds is 3. The van der Waals surface area contributed by atoms with Gasteiger partial charge in [0.05, 0.1) is 5.57 Å². The summed E-state index contributed by atoms with van der Waals surface area (Å²) in [5.74, 6) is -0.868. The minimum atomic E-state index is -0.980. The second-order valence-electron chi connectivity index (χ2n) is 6.44. The second kappa shape index (κ2) is 6.29. The summed E-state index contributed by atoms with van der Waals surface area (Å²) < 4.78 is 0. The number of aromatic nitrogens is 1. The van der Waals surface area contributed by atoms with Crippen molar-refractivity contribution >= 4 is 23.0 Å². The lowest BCUT2D eigenvalue weighted by molar-refractivity contribution is -0.126. The molecule has 0 unspecified atom stereocenters. The third-order valence-electron chi connectivity index (χ3n) is 4.96. The monoisotopic (exact) mass is 356 g/mol. The molecule has 5 heteroatoms. The Labute approximate surface area is 156 Å². The van der Waals surface area contributed by atoms with E-state index in [1.165, 1.54) is 17.1 Å². The van der Waals surface area contributed by atoms with E-state index in [4.69, 9.17) is 0 Å². The maximum Gasteiger partial charge on any atom is 0.259 e. The van der Waals surface area contributed by atoms with Crippen LogP contribution in [0.5, 0.6) is 0 Å². The van der Waals surface area contributed by atoms with Crippen molar-refractivity contribution in [3.05, 3.63) is 95.9 Å². The van der Waals surface area contributed by atoms with Gasteiger partial charge in [0.2, 0.25) is 0 Å². The van der Waals surface area contributed by atoms with E-state index in [1.807, 2.05) is 6.07 Å². The molecule has 1 aliphatic heterocycles. The molecule has 1 spiro atoms. The van der Waals surface area contributed by atoms with Crippen LogP contribution in [0.25, 0.3) is 5.57 Å². The van der Waals surface area contributed by atoms with Gasteiger partial charge in [-0.15, -0.1) is 0 Å². The normalized spacial score (nSPS) is 17.9. The number of hydrogen-bond acceptors (Lipinski definition) is 4. The minimum Gasteiger partial charge on any atom is -0.325 e. The third-order valence-corrected chi connectivity index (χ3v) is 4.96. The number of hydrogen-bond donors (Lipinski definition) is 0. The Balaban J connectivity index is 2.00. The first kappa shape index (κ1) is 16.8. The number of ketones is 2. The highest BCUT2D eigenvalue weighted by Gasteiger charge is 2.50. The van der Waals surface area contributed by atoms with Gasteiger partial charge in [0, 0.05) is 30.6 Å². The van der Waals surface area contributed by atoms with Crippen molar-refractivity contribution in [1.29, 1.82) is 0 Å². The highest BCUT2D eigenvalue weighted by atomic mass is 16.2. The van der Waals surface area contributed by atoms with Gasteiger partial charge in [0.1, 0.15) is 5.54 Å². The van der Waals surface area contributed by atoms with Crippen molar-refractivity contribution in [2.75, 3.05) is 7.05 Å². The first-order valence-corrected chi connectivity index (χ1v) is 8.50. The molecule has 1 amide bonds. The Kier molecular flexibility index (Phi) is 3.92. The maximum atomic E-state index is 13.2. The van der Waals surface area contributed by atoms with E-state index in [9.17, 15) is 14.4 Å². The summed E-state index contributed by atoms with van der Waals surface area (Å²) in [7, 11) is 1.64. The van der Waals surface area contributed by atoms with Gasteiger partial charge in [-0.1, -0.05) is 30.3 Å². The summed E-state index contributed by atoms with van der Waals surface area (Å²) >= 11 is 0. The van der Waals surface area contributed by atoms with Gasteiger partial charge in [-0.25, -0.2) is 0 Å². The molecule has 132 valence electrons. The molecular formula is C22H16N2O3. The average molecular weight is 356 g/mol. The fraction of sp³-hybridized carbons (Fsp3) is 0.0909. The molecule has 0 atom stereocenters. The summed E-state index contributed by atoms with van der Waals surface area (Å²) in [4.78, 5) is 43.6. The number of benzene rings is 1. The lowest BCUT2D eigenvalue weighted by atomic mass is 9.80. The van der Waals surface area contributed by atoms with E-state index in [2.05, 4.69) is 4.98 Å². The van der Waals surface area contributed by atoms with Crippen molar-refractivity contribution in [3.63, 3.8) is 0 Å². The van der Waals surface area contributed by atoms with Gasteiger partial charge in [0.15, 0.2) is 11.6 Å². The topological polar surface area (TPSA) is 67.3 Å². The zero-order valence-electron chi connectivity index (χ0n) is 14.6. The molecule has 0 N–H and O–H groups in total. The number of carbonyl (C=O) groups excluding carboxylic acids is 3. The quantitative estimate of drug-likeness (QED) is 0.626. The van der Waals surface area contributed by atoms with E-state index in [0.717, 1.165) is 0 Å². The van der Waals surface area contributed by atoms with Crippen LogP contribution in [-0.4, -0.2) is 39.9 Å². The molecule has 0 saturated heterocycles. The second-order valence-corrected chi connectivity index (χ2v) is 6.44. The van der Waals surface area contributed by atoms with Gasteiger partial charge >= 0.3 is 0 Å². The van der Waals surface area contributed by atoms with Crippen LogP contribution in [0.3, 0.4) is 0 Å². The van der Waals surface area contributed by atoms with Crippen LogP contribution < -0.4 is 0 Å². The predicted molar refractivity (Wildman–Crippen MR) is 101 cm³/mol. The van der Waals surface area contributed by atoms with Crippen molar-refractivity contribution in [1.82, 2.24) is 9.88 Å². The van der Waals surface area contributed by atoms with E-state index in [1.54, 1.807) is 68.0 Å². The van der Waals surface area contributed by atoms with Crippen molar-refractivity contribution in [2.24, 2.45) is 0 Å². The van der Waals surface area contributed by atoms with Crippen LogP contribution in [0.1, 0.15) is 15.9 Å². The Bertz CT molecular complexity index is 1020. The number of nitrogens with zero attached hydrogens (tertiary/aromatic N) is 2. The van der Waals surface area contributed by atoms with Crippen LogP contribution in [-0.2, 0) is 9.59 Å². The van der Waals surface area contributed by atoms with Crippen LogP contribution >= 0.6 is 0 Å². The van der Waals surface area contributed by atoms with Gasteiger partial charge in [-0.05, 0) is 42.0 Å². The Morgan fingerprint density at radius 2 is 1.59 bits per heavy atom. The fourth-order valence-electron chi connectivity index (χ4n) is 3.57. The SMILES string of the molecule is CN1C(=O)C(C(=O)c2ccccc2)=C(c2ccncc2)C12C=CC(=O)C=C2. The number of likely N-dealkylation sites (N-methyl/N-ethyl adjacent to an activating group) is 1. The molecule has 2 aliphatic rings. The Morgan fingerprint density at radius 1 is 0.963 bits per heavy atom. The molecule has 4 rings (SSSR count). The zero-order chi connectivity index (χ0) is 19.0. The highest BCUT2D eigenvalue weighted by molar-refractivity contribution is 6.33. The Hall–Kier alpha value is -3.60. The van der Waals surface area contributed by atoms with Gasteiger partial charge in [-0.3, -0.25) is 19.4 Å². The summed E-state index contributed by atoms with van der Waals surface area (Å²) in [6, 6.07) is 12.2. The van der Waals surface area contributed by atoms with E-state index < -0.39 is 5.54 Å². The first-order chi connectivity index (χ1) is 13.0. The zero-order valence-corrected chi connectivity index (χ0v) is 14.6. The van der Waals surface area contributed by atoms with Crippen LogP contribution in [0.15, 0.2) is 84.7 Å². The number of carbonyl (C=O) groups is 3. The van der Waals surface area contributed by atoms with Crippen LogP contribution in [0, 0.1) is 0 Å². The summed E-state index contributed by atoms with van der Waals surface area (Å²) in [5.41, 5.74) is 0.847. The molecule has 0 radical (unpaired) electrons. The van der Waals surface area contributed by atoms with E-state index in [-0.39, 0.29) is 23.0 Å². The number of allylic oxidation sites excluding steroid dienone is 2. The molecule has 2 heterocycles. The van der Waals surface area contributed by atoms with Crippen LogP contribution in [0.2, 0.25) is 0 Å². The smallest absolute Gasteiger partial charge is 0.259 e. The van der Waals surface area contributed by atoms with Gasteiger partial charge in [0.25, 0.3) is 5.91 Å². The van der Waals surface area contributed by atoms with Crippen molar-refractivity contribution in [3.8, 4) is 0 Å². The average Bonchev–Trinajstić information content (AvgIpc) is 2.93. The molecule has 1 aromatic carbocycles. The first-order valence-electron chi connectivity index (χ1n) is 8.50. The molecule has 0 bridgehead atoms. The molecule has 1 aromatic heterocycles. The number of amides is 1. The Morgan fingerprint density at radius 3 is 2.22 bits per heavy atom. The van der Waals surface area contributed by atoms with Crippen LogP contribution in [0.4, 0.5) is 0 Å². The summed E-state index contributed by atoms with van der Waals surface area (Å²) in [6.07, 6.45) is 9.44. The molecule has 0 saturated carbocycles. The van der Waals surface area contributed by atoms with E-state index >= 15 is 0 Å². The lowest BCUT2D eigenvalue weighted by Gasteiger charge is -2.34. The van der Waals surface area contributed by atoms with Gasteiger partial charge in [-0.2, -0.15) is 0 Å². The molecule has 27 heavy (non-hydrogen) atoms. The molecule has 2 aromatic rings. The molecule has 5 nitrogen and oxygen atoms in total. The fourth-order valence-corrected chi connectivity index (χ4v) is 3.57. The maximum absolute atomic E-state index is 13.2. The van der Waals surface area contributed by atoms with Crippen molar-refractivity contribution < 1.29 is 14.4 Å². The summed E-state index contributed by atoms with van der Waals surface area (Å²) in [6.45, 7) is 0. The summed E-state index contributed by atoms with van der Waals surface area (Å²) in [5, 5.41) is 0. The number of pyridine rings is 1. The number of Topliss-reactive ketones (excluding diaryl/α,β-unsaturated/α-hetero) is 1. The molecule has 1 aliphatic carbocycles. The lowest BCUT2D eigenvalue weighted by Crippen LogP contribution is -2.43. The standard InChI is InChI=1S/C22H16N2O3/c1-24-21(27)18(20(26)16-5-3-2-4-6-16)19(15-9-13-23-14-10-15)22(24)11-7-17(25)8-12-22/h2-14H,1H3. The highest BCUT2D eigenvalue weighted by Crippen LogP contribution is 2.45. The third kappa shape index (κ3) is 2.56. The van der Waals surface area contributed by atoms with E-state index in [0.29, 0.717) is 16.7 Å². The predicted octanol–water partition coefficient (Wildman–Crippen LogP) is 2.62. The molecular weight excluding hydrogens is 340 g/mol. The largest absolute Gasteiger partial charge is 0.325 e. The minimum absolute atomic E-state index is 0.110. The van der Waals surface area contributed by atoms with Gasteiger partial charge < -0.3 is 4.90 Å².